The lowest BCUT2D eigenvalue weighted by Gasteiger charge is -2.34. The number of hydrogen-bond donors (Lipinski definition) is 3. The van der Waals surface area contributed by atoms with Gasteiger partial charge in [0.25, 0.3) is 0 Å². The fraction of sp³-hybridized carbons (Fsp3) is 0.556. The van der Waals surface area contributed by atoms with Crippen molar-refractivity contribution in [2.45, 2.75) is 39.2 Å². The topological polar surface area (TPSA) is 70.2 Å². The molecule has 1 heterocycles. The van der Waals surface area contributed by atoms with E-state index in [0.29, 0.717) is 6.54 Å². The van der Waals surface area contributed by atoms with E-state index >= 15 is 0 Å². The Hall–Kier alpha value is -1.40. The summed E-state index contributed by atoms with van der Waals surface area (Å²) in [5, 5.41) is 9.26. The highest BCUT2D eigenvalue weighted by molar-refractivity contribution is 9.10. The van der Waals surface area contributed by atoms with Gasteiger partial charge in [-0.2, -0.15) is 0 Å². The van der Waals surface area contributed by atoms with Crippen LogP contribution in [0.25, 0.3) is 0 Å². The van der Waals surface area contributed by atoms with Crippen LogP contribution in [0.5, 0.6) is 0 Å². The Morgan fingerprint density at radius 2 is 1.88 bits per heavy atom. The molecule has 0 bridgehead atoms. The van der Waals surface area contributed by atoms with Crippen LogP contribution in [0.3, 0.4) is 0 Å². The SMILES string of the molecule is CC(=O)NC(CC(=O)NCC1(C)CCNCC1)c1ccc(Br)cc1. The van der Waals surface area contributed by atoms with Gasteiger partial charge in [-0.1, -0.05) is 35.0 Å². The maximum absolute atomic E-state index is 12.4. The minimum absolute atomic E-state index is 0.0311. The fourth-order valence-electron chi connectivity index (χ4n) is 2.97. The lowest BCUT2D eigenvalue weighted by atomic mass is 9.81. The smallest absolute Gasteiger partial charge is 0.222 e. The minimum atomic E-state index is -0.309. The van der Waals surface area contributed by atoms with Crippen LogP contribution in [0.15, 0.2) is 28.7 Å². The molecule has 0 radical (unpaired) electrons. The Morgan fingerprint density at radius 1 is 1.25 bits per heavy atom. The summed E-state index contributed by atoms with van der Waals surface area (Å²) < 4.78 is 0.969. The van der Waals surface area contributed by atoms with E-state index in [1.54, 1.807) is 0 Å². The number of benzene rings is 1. The zero-order valence-corrected chi connectivity index (χ0v) is 15.9. The molecular weight excluding hydrogens is 370 g/mol. The van der Waals surface area contributed by atoms with Crippen LogP contribution in [-0.4, -0.2) is 31.4 Å². The second kappa shape index (κ2) is 8.62. The fourth-order valence-corrected chi connectivity index (χ4v) is 3.23. The molecule has 5 nitrogen and oxygen atoms in total. The van der Waals surface area contributed by atoms with Crippen LogP contribution in [-0.2, 0) is 9.59 Å². The van der Waals surface area contributed by atoms with Gasteiger partial charge in [-0.05, 0) is 49.0 Å². The molecule has 0 saturated carbocycles. The summed E-state index contributed by atoms with van der Waals surface area (Å²) in [6, 6.07) is 7.37. The standard InChI is InChI=1S/C18H26BrN3O2/c1-13(23)22-16(14-3-5-15(19)6-4-14)11-17(24)21-12-18(2)7-9-20-10-8-18/h3-6,16,20H,7-12H2,1-2H3,(H,21,24)(H,22,23). The van der Waals surface area contributed by atoms with Crippen molar-refractivity contribution in [3.63, 3.8) is 0 Å². The summed E-state index contributed by atoms with van der Waals surface area (Å²) in [7, 11) is 0. The van der Waals surface area contributed by atoms with Crippen LogP contribution in [0.4, 0.5) is 0 Å². The molecule has 0 spiro atoms. The van der Waals surface area contributed by atoms with Crippen molar-refractivity contribution in [2.24, 2.45) is 5.41 Å². The Labute approximate surface area is 152 Å². The van der Waals surface area contributed by atoms with Crippen molar-refractivity contribution in [1.29, 1.82) is 0 Å². The van der Waals surface area contributed by atoms with Gasteiger partial charge < -0.3 is 16.0 Å². The molecule has 0 aromatic heterocycles. The van der Waals surface area contributed by atoms with E-state index in [2.05, 4.69) is 38.8 Å². The van der Waals surface area contributed by atoms with E-state index in [1.165, 1.54) is 6.92 Å². The predicted octanol–water partition coefficient (Wildman–Crippen LogP) is 2.52. The van der Waals surface area contributed by atoms with E-state index in [1.807, 2.05) is 24.3 Å². The van der Waals surface area contributed by atoms with Crippen molar-refractivity contribution in [3.8, 4) is 0 Å². The molecule has 1 aliphatic rings. The number of halogens is 1. The molecule has 1 aliphatic heterocycles. The molecular formula is C18H26BrN3O2. The van der Waals surface area contributed by atoms with E-state index < -0.39 is 0 Å². The molecule has 132 valence electrons. The van der Waals surface area contributed by atoms with Gasteiger partial charge in [0.2, 0.25) is 11.8 Å². The van der Waals surface area contributed by atoms with Crippen LogP contribution < -0.4 is 16.0 Å². The third kappa shape index (κ3) is 5.91. The molecule has 2 rings (SSSR count). The van der Waals surface area contributed by atoms with E-state index in [4.69, 9.17) is 0 Å². The quantitative estimate of drug-likeness (QED) is 0.692. The highest BCUT2D eigenvalue weighted by atomic mass is 79.9. The van der Waals surface area contributed by atoms with Gasteiger partial charge in [-0.15, -0.1) is 0 Å². The molecule has 0 aliphatic carbocycles. The molecule has 6 heteroatoms. The summed E-state index contributed by atoms with van der Waals surface area (Å²) in [5.41, 5.74) is 1.08. The largest absolute Gasteiger partial charge is 0.355 e. The predicted molar refractivity (Wildman–Crippen MR) is 98.5 cm³/mol. The molecule has 1 unspecified atom stereocenters. The third-order valence-corrected chi connectivity index (χ3v) is 5.09. The van der Waals surface area contributed by atoms with Crippen molar-refractivity contribution >= 4 is 27.7 Å². The van der Waals surface area contributed by atoms with Gasteiger partial charge in [0.1, 0.15) is 0 Å². The minimum Gasteiger partial charge on any atom is -0.355 e. The number of carbonyl (C=O) groups is 2. The van der Waals surface area contributed by atoms with Crippen LogP contribution in [0.1, 0.15) is 44.7 Å². The van der Waals surface area contributed by atoms with Gasteiger partial charge >= 0.3 is 0 Å². The lowest BCUT2D eigenvalue weighted by Crippen LogP contribution is -2.43. The first-order chi connectivity index (χ1) is 11.4. The number of nitrogens with one attached hydrogen (secondary N) is 3. The van der Waals surface area contributed by atoms with Crippen LogP contribution in [0.2, 0.25) is 0 Å². The Morgan fingerprint density at radius 3 is 2.46 bits per heavy atom. The van der Waals surface area contributed by atoms with E-state index in [0.717, 1.165) is 36.0 Å². The first-order valence-electron chi connectivity index (χ1n) is 8.38. The van der Waals surface area contributed by atoms with Crippen molar-refractivity contribution in [2.75, 3.05) is 19.6 Å². The number of hydrogen-bond acceptors (Lipinski definition) is 3. The van der Waals surface area contributed by atoms with Gasteiger partial charge in [0, 0.05) is 17.9 Å². The molecule has 1 saturated heterocycles. The molecule has 2 amide bonds. The number of rotatable bonds is 6. The molecule has 1 aromatic rings. The summed E-state index contributed by atoms with van der Waals surface area (Å²) in [6.07, 6.45) is 2.37. The zero-order chi connectivity index (χ0) is 17.6. The number of carbonyl (C=O) groups excluding carboxylic acids is 2. The molecule has 24 heavy (non-hydrogen) atoms. The highest BCUT2D eigenvalue weighted by Crippen LogP contribution is 2.27. The summed E-state index contributed by atoms with van der Waals surface area (Å²) >= 11 is 3.40. The Balaban J connectivity index is 1.94. The summed E-state index contributed by atoms with van der Waals surface area (Å²) in [5.74, 6) is -0.169. The van der Waals surface area contributed by atoms with Crippen molar-refractivity contribution < 1.29 is 9.59 Å². The monoisotopic (exact) mass is 395 g/mol. The van der Waals surface area contributed by atoms with Gasteiger partial charge in [-0.25, -0.2) is 0 Å². The summed E-state index contributed by atoms with van der Waals surface area (Å²) in [4.78, 5) is 23.8. The second-order valence-corrected chi connectivity index (χ2v) is 7.76. The van der Waals surface area contributed by atoms with Crippen molar-refractivity contribution in [3.05, 3.63) is 34.3 Å². The van der Waals surface area contributed by atoms with Gasteiger partial charge in [-0.3, -0.25) is 9.59 Å². The van der Waals surface area contributed by atoms with Crippen molar-refractivity contribution in [1.82, 2.24) is 16.0 Å². The molecule has 1 atom stereocenters. The normalized spacial score (nSPS) is 17.8. The maximum Gasteiger partial charge on any atom is 0.222 e. The zero-order valence-electron chi connectivity index (χ0n) is 14.3. The Kier molecular flexibility index (Phi) is 6.80. The summed E-state index contributed by atoms with van der Waals surface area (Å²) in [6.45, 7) is 6.37. The molecule has 1 fully saturated rings. The third-order valence-electron chi connectivity index (χ3n) is 4.56. The van der Waals surface area contributed by atoms with Gasteiger partial charge in [0.15, 0.2) is 0 Å². The first kappa shape index (κ1) is 18.9. The van der Waals surface area contributed by atoms with Crippen LogP contribution >= 0.6 is 15.9 Å². The van der Waals surface area contributed by atoms with Crippen LogP contribution in [0, 0.1) is 5.41 Å². The maximum atomic E-state index is 12.4. The molecule has 3 N–H and O–H groups in total. The number of amides is 2. The van der Waals surface area contributed by atoms with Gasteiger partial charge in [0.05, 0.1) is 12.5 Å². The Bertz CT molecular complexity index is 568. The first-order valence-corrected chi connectivity index (χ1v) is 9.17. The van der Waals surface area contributed by atoms with E-state index in [-0.39, 0.29) is 29.7 Å². The average molecular weight is 396 g/mol. The molecule has 1 aromatic carbocycles. The second-order valence-electron chi connectivity index (χ2n) is 6.85. The highest BCUT2D eigenvalue weighted by Gasteiger charge is 2.27. The van der Waals surface area contributed by atoms with E-state index in [9.17, 15) is 9.59 Å². The lowest BCUT2D eigenvalue weighted by molar-refractivity contribution is -0.123. The average Bonchev–Trinajstić information content (AvgIpc) is 2.53. The number of piperidine rings is 1.